The van der Waals surface area contributed by atoms with E-state index in [9.17, 15) is 13.2 Å². The van der Waals surface area contributed by atoms with Crippen LogP contribution >= 0.6 is 0 Å². The molecule has 0 N–H and O–H groups in total. The van der Waals surface area contributed by atoms with Crippen molar-refractivity contribution in [1.29, 1.82) is 0 Å². The zero-order valence-electron chi connectivity index (χ0n) is 23.0. The van der Waals surface area contributed by atoms with Crippen LogP contribution in [0.15, 0.2) is 53.6 Å². The summed E-state index contributed by atoms with van der Waals surface area (Å²) in [4.78, 5) is 8.22. The second kappa shape index (κ2) is 10.6. The molecule has 0 saturated heterocycles. The topological polar surface area (TPSA) is 88.1 Å². The summed E-state index contributed by atoms with van der Waals surface area (Å²) in [7, 11) is -0.712. The standard InChI is InChI=1S/C27H32F3N5O3Si/c1-17(38-39(6,7)26(2,3)4)15-35-25(27(28,29)30)19(14-33-35)24-22(20-12-13-31-16-32-20)23(34-37-24)18-10-8-9-11-21(18)36-5/h8-14,16-17H,15H2,1-7H3/t17-/m1/s1. The van der Waals surface area contributed by atoms with Crippen LogP contribution in [0.2, 0.25) is 18.1 Å². The second-order valence-electron chi connectivity index (χ2n) is 10.8. The quantitative estimate of drug-likeness (QED) is 0.213. The largest absolute Gasteiger partial charge is 0.496 e. The summed E-state index contributed by atoms with van der Waals surface area (Å²) in [5.41, 5.74) is 0.253. The maximum atomic E-state index is 14.6. The van der Waals surface area contributed by atoms with Gasteiger partial charge in [-0.2, -0.15) is 18.3 Å². The van der Waals surface area contributed by atoms with Crippen LogP contribution in [0.3, 0.4) is 0 Å². The number of hydrogen-bond acceptors (Lipinski definition) is 7. The van der Waals surface area contributed by atoms with Gasteiger partial charge >= 0.3 is 6.18 Å². The fourth-order valence-electron chi connectivity index (χ4n) is 4.12. The first-order valence-corrected chi connectivity index (χ1v) is 15.4. The molecule has 1 atom stereocenters. The van der Waals surface area contributed by atoms with E-state index in [0.29, 0.717) is 17.0 Å². The van der Waals surface area contributed by atoms with E-state index < -0.39 is 26.3 Å². The van der Waals surface area contributed by atoms with E-state index in [1.54, 1.807) is 37.3 Å². The molecule has 39 heavy (non-hydrogen) atoms. The molecule has 0 fully saturated rings. The van der Waals surface area contributed by atoms with Crippen molar-refractivity contribution in [2.24, 2.45) is 0 Å². The molecule has 3 aromatic heterocycles. The number of methoxy groups -OCH3 is 1. The Bertz CT molecular complexity index is 1430. The van der Waals surface area contributed by atoms with Gasteiger partial charge in [0.05, 0.1) is 42.8 Å². The van der Waals surface area contributed by atoms with Gasteiger partial charge in [0, 0.05) is 11.8 Å². The number of halogens is 3. The first-order chi connectivity index (χ1) is 18.2. The molecule has 0 amide bonds. The van der Waals surface area contributed by atoms with Crippen LogP contribution in [0.5, 0.6) is 5.75 Å². The Morgan fingerprint density at radius 2 is 1.79 bits per heavy atom. The van der Waals surface area contributed by atoms with Gasteiger partial charge in [0.15, 0.2) is 19.8 Å². The summed E-state index contributed by atoms with van der Waals surface area (Å²) in [6.45, 7) is 12.0. The Balaban J connectivity index is 1.85. The Kier molecular flexibility index (Phi) is 7.72. The molecule has 1 aromatic carbocycles. The third kappa shape index (κ3) is 5.76. The molecule has 4 aromatic rings. The SMILES string of the molecule is COc1ccccc1-c1noc(-c2cnn(C[C@@H](C)O[Si](C)(C)C(C)(C)C)c2C(F)(F)F)c1-c1ccncn1. The van der Waals surface area contributed by atoms with Crippen molar-refractivity contribution in [3.05, 3.63) is 54.7 Å². The molecule has 12 heteroatoms. The molecule has 0 spiro atoms. The second-order valence-corrected chi connectivity index (χ2v) is 15.6. The van der Waals surface area contributed by atoms with Gasteiger partial charge in [0.25, 0.3) is 0 Å². The monoisotopic (exact) mass is 559 g/mol. The summed E-state index contributed by atoms with van der Waals surface area (Å²) >= 11 is 0. The molecule has 208 valence electrons. The third-order valence-electron chi connectivity index (χ3n) is 6.98. The zero-order chi connectivity index (χ0) is 28.6. The van der Waals surface area contributed by atoms with Crippen LogP contribution in [-0.2, 0) is 17.1 Å². The minimum Gasteiger partial charge on any atom is -0.496 e. The van der Waals surface area contributed by atoms with Crippen LogP contribution in [0.1, 0.15) is 33.4 Å². The van der Waals surface area contributed by atoms with Gasteiger partial charge in [0.1, 0.15) is 17.8 Å². The lowest BCUT2D eigenvalue weighted by Gasteiger charge is -2.38. The summed E-state index contributed by atoms with van der Waals surface area (Å²) in [6.07, 6.45) is -1.27. The van der Waals surface area contributed by atoms with Crippen LogP contribution < -0.4 is 4.74 Å². The number of para-hydroxylation sites is 1. The number of ether oxygens (including phenoxy) is 1. The van der Waals surface area contributed by atoms with Crippen LogP contribution in [-0.4, -0.2) is 46.4 Å². The van der Waals surface area contributed by atoms with Gasteiger partial charge in [-0.25, -0.2) is 9.97 Å². The fourth-order valence-corrected chi connectivity index (χ4v) is 5.56. The predicted octanol–water partition coefficient (Wildman–Crippen LogP) is 7.10. The average Bonchev–Trinajstić information content (AvgIpc) is 3.47. The highest BCUT2D eigenvalue weighted by atomic mass is 28.4. The van der Waals surface area contributed by atoms with Crippen molar-refractivity contribution in [3.63, 3.8) is 0 Å². The highest BCUT2D eigenvalue weighted by Gasteiger charge is 2.42. The third-order valence-corrected chi connectivity index (χ3v) is 11.6. The number of rotatable bonds is 8. The molecule has 3 heterocycles. The van der Waals surface area contributed by atoms with Crippen molar-refractivity contribution in [2.45, 2.75) is 64.7 Å². The number of hydrogen-bond donors (Lipinski definition) is 0. The zero-order valence-corrected chi connectivity index (χ0v) is 24.0. The van der Waals surface area contributed by atoms with Crippen molar-refractivity contribution >= 4 is 8.32 Å². The lowest BCUT2D eigenvalue weighted by Crippen LogP contribution is -2.44. The Labute approximate surface area is 226 Å². The van der Waals surface area contributed by atoms with Gasteiger partial charge in [-0.15, -0.1) is 0 Å². The lowest BCUT2D eigenvalue weighted by molar-refractivity contribution is -0.144. The van der Waals surface area contributed by atoms with E-state index in [-0.39, 0.29) is 34.2 Å². The molecule has 0 unspecified atom stereocenters. The fraction of sp³-hybridized carbons (Fsp3) is 0.407. The van der Waals surface area contributed by atoms with E-state index in [2.05, 4.69) is 54.1 Å². The first-order valence-electron chi connectivity index (χ1n) is 12.4. The Morgan fingerprint density at radius 3 is 2.41 bits per heavy atom. The molecule has 0 bridgehead atoms. The summed E-state index contributed by atoms with van der Waals surface area (Å²) in [5, 5.41) is 8.21. The van der Waals surface area contributed by atoms with Crippen LogP contribution in [0.25, 0.3) is 33.8 Å². The normalized spacial score (nSPS) is 13.5. The Hall–Kier alpha value is -3.51. The van der Waals surface area contributed by atoms with Crippen LogP contribution in [0.4, 0.5) is 13.2 Å². The number of alkyl halides is 3. The maximum Gasteiger partial charge on any atom is 0.433 e. The highest BCUT2D eigenvalue weighted by Crippen LogP contribution is 2.45. The van der Waals surface area contributed by atoms with Crippen LogP contribution in [0, 0.1) is 0 Å². The van der Waals surface area contributed by atoms with Gasteiger partial charge in [-0.3, -0.25) is 4.68 Å². The number of aromatic nitrogens is 5. The smallest absolute Gasteiger partial charge is 0.433 e. The predicted molar refractivity (Wildman–Crippen MR) is 143 cm³/mol. The van der Waals surface area contributed by atoms with E-state index in [1.807, 2.05) is 0 Å². The molecule has 0 aliphatic carbocycles. The Morgan fingerprint density at radius 1 is 1.08 bits per heavy atom. The summed E-state index contributed by atoms with van der Waals surface area (Å²) in [5.74, 6) is 0.377. The van der Waals surface area contributed by atoms with Crippen molar-refractivity contribution < 1.29 is 26.9 Å². The van der Waals surface area contributed by atoms with Gasteiger partial charge in [0.2, 0.25) is 0 Å². The van der Waals surface area contributed by atoms with Crippen molar-refractivity contribution in [1.82, 2.24) is 24.9 Å². The van der Waals surface area contributed by atoms with E-state index in [0.717, 1.165) is 10.9 Å². The minimum absolute atomic E-state index is 0.0856. The molecular formula is C27H32F3N5O3Si. The number of nitrogens with zero attached hydrogens (tertiary/aromatic N) is 5. The molecule has 0 radical (unpaired) electrons. The van der Waals surface area contributed by atoms with Gasteiger partial charge in [-0.1, -0.05) is 38.1 Å². The van der Waals surface area contributed by atoms with Gasteiger partial charge < -0.3 is 13.7 Å². The van der Waals surface area contributed by atoms with E-state index >= 15 is 0 Å². The summed E-state index contributed by atoms with van der Waals surface area (Å²) < 4.78 is 62.1. The molecule has 4 rings (SSSR count). The molecule has 8 nitrogen and oxygen atoms in total. The van der Waals surface area contributed by atoms with E-state index in [1.165, 1.54) is 19.6 Å². The first kappa shape index (κ1) is 28.5. The molecule has 0 aliphatic rings. The van der Waals surface area contributed by atoms with Crippen molar-refractivity contribution in [3.8, 4) is 39.6 Å². The summed E-state index contributed by atoms with van der Waals surface area (Å²) in [6, 6.07) is 8.63. The number of benzene rings is 1. The van der Waals surface area contributed by atoms with Crippen molar-refractivity contribution in [2.75, 3.05) is 7.11 Å². The van der Waals surface area contributed by atoms with Gasteiger partial charge in [-0.05, 0) is 43.3 Å². The lowest BCUT2D eigenvalue weighted by atomic mass is 9.99. The molecular weight excluding hydrogens is 527 g/mol. The minimum atomic E-state index is -4.73. The molecule has 0 saturated carbocycles. The highest BCUT2D eigenvalue weighted by molar-refractivity contribution is 6.74. The maximum absolute atomic E-state index is 14.6. The van der Waals surface area contributed by atoms with E-state index in [4.69, 9.17) is 13.7 Å². The molecule has 0 aliphatic heterocycles. The average molecular weight is 560 g/mol.